The van der Waals surface area contributed by atoms with Crippen LogP contribution in [0.3, 0.4) is 0 Å². The van der Waals surface area contributed by atoms with Gasteiger partial charge in [-0.1, -0.05) is 6.92 Å². The SMILES string of the molecule is CC1CCN(c2ccc(C(=O)NCCN3CCNCC3)cn2)CC1. The van der Waals surface area contributed by atoms with Gasteiger partial charge in [0.05, 0.1) is 5.56 Å². The third-order valence-corrected chi connectivity index (χ3v) is 5.04. The average molecular weight is 331 g/mol. The molecule has 3 rings (SSSR count). The molecule has 2 saturated heterocycles. The lowest BCUT2D eigenvalue weighted by atomic mass is 9.99. The summed E-state index contributed by atoms with van der Waals surface area (Å²) in [6.07, 6.45) is 4.14. The van der Waals surface area contributed by atoms with Gasteiger partial charge in [0, 0.05) is 58.6 Å². The van der Waals surface area contributed by atoms with Gasteiger partial charge in [-0.15, -0.1) is 0 Å². The van der Waals surface area contributed by atoms with Crippen LogP contribution in [-0.4, -0.2) is 68.1 Å². The maximum Gasteiger partial charge on any atom is 0.252 e. The second-order valence-electron chi connectivity index (χ2n) is 6.92. The van der Waals surface area contributed by atoms with Crippen LogP contribution < -0.4 is 15.5 Å². The minimum atomic E-state index is -0.0311. The monoisotopic (exact) mass is 331 g/mol. The number of hydrogen-bond acceptors (Lipinski definition) is 5. The number of carbonyl (C=O) groups excluding carboxylic acids is 1. The Morgan fingerprint density at radius 1 is 1.25 bits per heavy atom. The second-order valence-corrected chi connectivity index (χ2v) is 6.92. The lowest BCUT2D eigenvalue weighted by Gasteiger charge is -2.31. The van der Waals surface area contributed by atoms with Crippen molar-refractivity contribution in [3.63, 3.8) is 0 Å². The van der Waals surface area contributed by atoms with E-state index in [0.29, 0.717) is 12.1 Å². The van der Waals surface area contributed by atoms with E-state index in [2.05, 4.69) is 32.3 Å². The molecule has 6 heteroatoms. The third kappa shape index (κ3) is 4.68. The third-order valence-electron chi connectivity index (χ3n) is 5.04. The zero-order chi connectivity index (χ0) is 16.8. The standard InChI is InChI=1S/C18H29N5O/c1-15-4-9-23(10-5-15)17-3-2-16(14-21-17)18(24)20-8-13-22-11-6-19-7-12-22/h2-3,14-15,19H,4-13H2,1H3,(H,20,24). The summed E-state index contributed by atoms with van der Waals surface area (Å²) < 4.78 is 0. The molecule has 2 aliphatic heterocycles. The molecule has 0 saturated carbocycles. The summed E-state index contributed by atoms with van der Waals surface area (Å²) in [7, 11) is 0. The van der Waals surface area contributed by atoms with Crippen LogP contribution in [0.25, 0.3) is 0 Å². The van der Waals surface area contributed by atoms with E-state index in [0.717, 1.165) is 57.5 Å². The van der Waals surface area contributed by atoms with E-state index >= 15 is 0 Å². The van der Waals surface area contributed by atoms with Crippen LogP contribution in [0.4, 0.5) is 5.82 Å². The smallest absolute Gasteiger partial charge is 0.252 e. The first-order valence-corrected chi connectivity index (χ1v) is 9.14. The molecular weight excluding hydrogens is 302 g/mol. The fourth-order valence-corrected chi connectivity index (χ4v) is 3.31. The van der Waals surface area contributed by atoms with Crippen molar-refractivity contribution < 1.29 is 4.79 Å². The zero-order valence-corrected chi connectivity index (χ0v) is 14.6. The highest BCUT2D eigenvalue weighted by atomic mass is 16.1. The van der Waals surface area contributed by atoms with Crippen molar-refractivity contribution >= 4 is 11.7 Å². The van der Waals surface area contributed by atoms with Gasteiger partial charge in [-0.05, 0) is 30.9 Å². The molecule has 0 atom stereocenters. The molecule has 1 aromatic heterocycles. The van der Waals surface area contributed by atoms with E-state index in [9.17, 15) is 4.79 Å². The van der Waals surface area contributed by atoms with Crippen LogP contribution in [0.15, 0.2) is 18.3 Å². The van der Waals surface area contributed by atoms with Crippen LogP contribution >= 0.6 is 0 Å². The normalized spacial score (nSPS) is 20.1. The highest BCUT2D eigenvalue weighted by Crippen LogP contribution is 2.21. The number of nitrogens with zero attached hydrogens (tertiary/aromatic N) is 3. The molecule has 2 fully saturated rings. The molecule has 6 nitrogen and oxygen atoms in total. The number of pyridine rings is 1. The number of carbonyl (C=O) groups is 1. The molecule has 1 aromatic rings. The van der Waals surface area contributed by atoms with Gasteiger partial charge in [0.25, 0.3) is 5.91 Å². The summed E-state index contributed by atoms with van der Waals surface area (Å²) in [6, 6.07) is 3.86. The van der Waals surface area contributed by atoms with Crippen molar-refractivity contribution in [1.82, 2.24) is 20.5 Å². The van der Waals surface area contributed by atoms with Gasteiger partial charge in [0.15, 0.2) is 0 Å². The molecule has 0 spiro atoms. The molecule has 3 heterocycles. The van der Waals surface area contributed by atoms with Crippen LogP contribution in [-0.2, 0) is 0 Å². The molecule has 0 aliphatic carbocycles. The number of aromatic nitrogens is 1. The quantitative estimate of drug-likeness (QED) is 0.841. The first kappa shape index (κ1) is 17.2. The Kier molecular flexibility index (Phi) is 6.04. The van der Waals surface area contributed by atoms with E-state index in [1.54, 1.807) is 6.20 Å². The number of anilines is 1. The van der Waals surface area contributed by atoms with Gasteiger partial charge in [-0.25, -0.2) is 4.98 Å². The Balaban J connectivity index is 1.45. The average Bonchev–Trinajstić information content (AvgIpc) is 2.63. The first-order valence-electron chi connectivity index (χ1n) is 9.14. The largest absolute Gasteiger partial charge is 0.357 e. The topological polar surface area (TPSA) is 60.5 Å². The Morgan fingerprint density at radius 2 is 2.00 bits per heavy atom. The molecular formula is C18H29N5O. The minimum absolute atomic E-state index is 0.0311. The van der Waals surface area contributed by atoms with Crippen LogP contribution in [0.2, 0.25) is 0 Å². The van der Waals surface area contributed by atoms with Crippen LogP contribution in [0.5, 0.6) is 0 Å². The Labute approximate surface area is 144 Å². The summed E-state index contributed by atoms with van der Waals surface area (Å²) in [6.45, 7) is 10.2. The van der Waals surface area contributed by atoms with Gasteiger partial charge >= 0.3 is 0 Å². The number of piperidine rings is 1. The zero-order valence-electron chi connectivity index (χ0n) is 14.6. The molecule has 1 amide bonds. The van der Waals surface area contributed by atoms with Crippen molar-refractivity contribution in [2.45, 2.75) is 19.8 Å². The molecule has 0 aromatic carbocycles. The molecule has 0 unspecified atom stereocenters. The van der Waals surface area contributed by atoms with Gasteiger partial charge in [-0.2, -0.15) is 0 Å². The maximum absolute atomic E-state index is 12.2. The lowest BCUT2D eigenvalue weighted by Crippen LogP contribution is -2.46. The van der Waals surface area contributed by atoms with Crippen molar-refractivity contribution in [2.75, 3.05) is 57.3 Å². The van der Waals surface area contributed by atoms with Gasteiger partial charge in [0.2, 0.25) is 0 Å². The molecule has 132 valence electrons. The minimum Gasteiger partial charge on any atom is -0.357 e. The van der Waals surface area contributed by atoms with Gasteiger partial charge in [0.1, 0.15) is 5.82 Å². The van der Waals surface area contributed by atoms with E-state index in [-0.39, 0.29) is 5.91 Å². The van der Waals surface area contributed by atoms with E-state index in [1.165, 1.54) is 12.8 Å². The summed E-state index contributed by atoms with van der Waals surface area (Å²) >= 11 is 0. The fraction of sp³-hybridized carbons (Fsp3) is 0.667. The van der Waals surface area contributed by atoms with Crippen LogP contribution in [0, 0.1) is 5.92 Å². The molecule has 0 radical (unpaired) electrons. The Hall–Kier alpha value is -1.66. The Bertz CT molecular complexity index is 519. The number of piperazine rings is 1. The van der Waals surface area contributed by atoms with Crippen LogP contribution in [0.1, 0.15) is 30.1 Å². The summed E-state index contributed by atoms with van der Waals surface area (Å²) in [5.74, 6) is 1.76. The Morgan fingerprint density at radius 3 is 2.67 bits per heavy atom. The number of hydrogen-bond donors (Lipinski definition) is 2. The number of amides is 1. The van der Waals surface area contributed by atoms with E-state index < -0.39 is 0 Å². The summed E-state index contributed by atoms with van der Waals surface area (Å²) in [4.78, 5) is 21.4. The summed E-state index contributed by atoms with van der Waals surface area (Å²) in [5.41, 5.74) is 0.643. The number of rotatable bonds is 5. The predicted octanol–water partition coefficient (Wildman–Crippen LogP) is 0.953. The maximum atomic E-state index is 12.2. The van der Waals surface area contributed by atoms with Gasteiger partial charge in [-0.3, -0.25) is 9.69 Å². The fourth-order valence-electron chi connectivity index (χ4n) is 3.31. The molecule has 2 aliphatic rings. The molecule has 24 heavy (non-hydrogen) atoms. The van der Waals surface area contributed by atoms with Crippen molar-refractivity contribution in [1.29, 1.82) is 0 Å². The summed E-state index contributed by atoms with van der Waals surface area (Å²) in [5, 5.41) is 6.33. The van der Waals surface area contributed by atoms with E-state index in [1.807, 2.05) is 12.1 Å². The van der Waals surface area contributed by atoms with Crippen molar-refractivity contribution in [3.8, 4) is 0 Å². The van der Waals surface area contributed by atoms with E-state index in [4.69, 9.17) is 0 Å². The number of nitrogens with one attached hydrogen (secondary N) is 2. The molecule has 2 N–H and O–H groups in total. The predicted molar refractivity (Wildman–Crippen MR) is 96.5 cm³/mol. The second kappa shape index (κ2) is 8.44. The van der Waals surface area contributed by atoms with Crippen molar-refractivity contribution in [2.24, 2.45) is 5.92 Å². The molecule has 0 bridgehead atoms. The first-order chi connectivity index (χ1) is 11.7. The lowest BCUT2D eigenvalue weighted by molar-refractivity contribution is 0.0947. The highest BCUT2D eigenvalue weighted by Gasteiger charge is 2.17. The van der Waals surface area contributed by atoms with Crippen molar-refractivity contribution in [3.05, 3.63) is 23.9 Å². The van der Waals surface area contributed by atoms with Gasteiger partial charge < -0.3 is 15.5 Å². The highest BCUT2D eigenvalue weighted by molar-refractivity contribution is 5.94.